The fourth-order valence-corrected chi connectivity index (χ4v) is 3.00. The Bertz CT molecular complexity index is 672. The quantitative estimate of drug-likeness (QED) is 0.757. The highest BCUT2D eigenvalue weighted by Crippen LogP contribution is 2.45. The van der Waals surface area contributed by atoms with E-state index >= 15 is 0 Å². The second-order valence-corrected chi connectivity index (χ2v) is 6.92. The minimum absolute atomic E-state index is 0.0879. The molecule has 150 valence electrons. The van der Waals surface area contributed by atoms with Crippen LogP contribution in [0.4, 0.5) is 23.8 Å². The lowest BCUT2D eigenvalue weighted by atomic mass is 10.1. The third-order valence-corrected chi connectivity index (χ3v) is 4.57. The third-order valence-electron chi connectivity index (χ3n) is 4.57. The molecule has 1 N–H and O–H groups in total. The molecule has 1 saturated carbocycles. The summed E-state index contributed by atoms with van der Waals surface area (Å²) in [5.74, 6) is 1.52. The van der Waals surface area contributed by atoms with Gasteiger partial charge in [-0.3, -0.25) is 0 Å². The largest absolute Gasteiger partial charge is 0.412 e. The van der Waals surface area contributed by atoms with E-state index in [0.29, 0.717) is 19.0 Å². The molecule has 1 aliphatic heterocycles. The minimum atomic E-state index is -4.22. The van der Waals surface area contributed by atoms with Crippen molar-refractivity contribution in [2.45, 2.75) is 44.7 Å². The van der Waals surface area contributed by atoms with E-state index in [0.717, 1.165) is 43.0 Å². The fourth-order valence-electron chi connectivity index (χ4n) is 3.00. The van der Waals surface area contributed by atoms with Gasteiger partial charge in [-0.15, -0.1) is 0 Å². The number of carbonyl (C=O) groups excluding carboxylic acids is 1. The van der Waals surface area contributed by atoms with Crippen molar-refractivity contribution in [2.75, 3.05) is 37.7 Å². The van der Waals surface area contributed by atoms with Gasteiger partial charge >= 0.3 is 12.3 Å². The Kier molecular flexibility index (Phi) is 6.08. The van der Waals surface area contributed by atoms with E-state index in [1.165, 1.54) is 0 Å². The van der Waals surface area contributed by atoms with Crippen LogP contribution in [0.1, 0.15) is 42.9 Å². The van der Waals surface area contributed by atoms with Crippen molar-refractivity contribution in [2.24, 2.45) is 0 Å². The van der Waals surface area contributed by atoms with Gasteiger partial charge in [-0.2, -0.15) is 13.2 Å². The number of rotatable bonds is 6. The molecule has 2 fully saturated rings. The SMILES string of the molecule is Cc1cc(N2CCOCC2)nc(C2CC2)c1OC(=O)NCCCC(F)(F)F. The summed E-state index contributed by atoms with van der Waals surface area (Å²) in [5, 5.41) is 2.38. The maximum atomic E-state index is 12.2. The molecule has 1 aliphatic carbocycles. The summed E-state index contributed by atoms with van der Waals surface area (Å²) < 4.78 is 47.3. The number of aryl methyl sites for hydroxylation is 1. The molecule has 0 radical (unpaired) electrons. The van der Waals surface area contributed by atoms with E-state index in [2.05, 4.69) is 10.2 Å². The number of halogens is 3. The first-order valence-electron chi connectivity index (χ1n) is 9.20. The summed E-state index contributed by atoms with van der Waals surface area (Å²) in [6.07, 6.45) is -4.11. The Balaban J connectivity index is 1.64. The number of anilines is 1. The average molecular weight is 387 g/mol. The fraction of sp³-hybridized carbons (Fsp3) is 0.667. The van der Waals surface area contributed by atoms with Gasteiger partial charge in [-0.05, 0) is 37.8 Å². The average Bonchev–Trinajstić information content (AvgIpc) is 3.45. The van der Waals surface area contributed by atoms with Crippen LogP contribution in [0.5, 0.6) is 5.75 Å². The van der Waals surface area contributed by atoms with Crippen LogP contribution in [0.25, 0.3) is 0 Å². The Morgan fingerprint density at radius 2 is 2.07 bits per heavy atom. The molecule has 0 spiro atoms. The first-order valence-corrected chi connectivity index (χ1v) is 9.20. The van der Waals surface area contributed by atoms with Crippen molar-refractivity contribution in [1.82, 2.24) is 10.3 Å². The van der Waals surface area contributed by atoms with Gasteiger partial charge in [0.15, 0.2) is 5.75 Å². The highest BCUT2D eigenvalue weighted by atomic mass is 19.4. The molecule has 3 rings (SSSR count). The van der Waals surface area contributed by atoms with Crippen LogP contribution in [-0.4, -0.2) is 50.1 Å². The van der Waals surface area contributed by atoms with Gasteiger partial charge in [0.25, 0.3) is 0 Å². The van der Waals surface area contributed by atoms with Crippen LogP contribution in [0.3, 0.4) is 0 Å². The Labute approximate surface area is 156 Å². The summed E-state index contributed by atoms with van der Waals surface area (Å²) in [5.41, 5.74) is 1.54. The lowest BCUT2D eigenvalue weighted by Gasteiger charge is -2.29. The zero-order chi connectivity index (χ0) is 19.4. The van der Waals surface area contributed by atoms with Crippen molar-refractivity contribution in [1.29, 1.82) is 0 Å². The van der Waals surface area contributed by atoms with Gasteiger partial charge in [-0.25, -0.2) is 9.78 Å². The highest BCUT2D eigenvalue weighted by Gasteiger charge is 2.32. The molecule has 6 nitrogen and oxygen atoms in total. The number of aromatic nitrogens is 1. The molecule has 9 heteroatoms. The van der Waals surface area contributed by atoms with Gasteiger partial charge < -0.3 is 19.7 Å². The van der Waals surface area contributed by atoms with E-state index in [4.69, 9.17) is 14.5 Å². The van der Waals surface area contributed by atoms with Crippen molar-refractivity contribution in [3.05, 3.63) is 17.3 Å². The molecule has 0 aromatic carbocycles. The Morgan fingerprint density at radius 1 is 1.37 bits per heavy atom. The molecule has 0 unspecified atom stereocenters. The standard InChI is InChI=1S/C18H24F3N3O3/c1-12-11-14(24-7-9-26-10-8-24)23-15(13-3-4-13)16(12)27-17(25)22-6-2-5-18(19,20)21/h11,13H,2-10H2,1H3,(H,22,25). The summed E-state index contributed by atoms with van der Waals surface area (Å²) in [6, 6.07) is 1.88. The monoisotopic (exact) mass is 387 g/mol. The number of ether oxygens (including phenoxy) is 2. The van der Waals surface area contributed by atoms with E-state index in [9.17, 15) is 18.0 Å². The molecule has 1 aromatic rings. The summed E-state index contributed by atoms with van der Waals surface area (Å²) >= 11 is 0. The number of nitrogens with zero attached hydrogens (tertiary/aromatic N) is 2. The maximum absolute atomic E-state index is 12.2. The summed E-state index contributed by atoms with van der Waals surface area (Å²) in [6.45, 7) is 4.59. The first kappa shape index (κ1) is 19.7. The highest BCUT2D eigenvalue weighted by molar-refractivity contribution is 5.71. The van der Waals surface area contributed by atoms with Crippen LogP contribution >= 0.6 is 0 Å². The summed E-state index contributed by atoms with van der Waals surface area (Å²) in [4.78, 5) is 18.9. The number of morpholine rings is 1. The lowest BCUT2D eigenvalue weighted by molar-refractivity contribution is -0.135. The number of pyridine rings is 1. The second kappa shape index (κ2) is 8.33. The molecule has 0 atom stereocenters. The number of hydrogen-bond acceptors (Lipinski definition) is 5. The van der Waals surface area contributed by atoms with Crippen LogP contribution in [0, 0.1) is 6.92 Å². The molecule has 2 heterocycles. The molecule has 1 amide bonds. The number of alkyl halides is 3. The Hall–Kier alpha value is -2.03. The van der Waals surface area contributed by atoms with Crippen molar-refractivity contribution in [3.63, 3.8) is 0 Å². The van der Waals surface area contributed by atoms with Gasteiger partial charge in [-0.1, -0.05) is 0 Å². The molecular formula is C18H24F3N3O3. The molecule has 0 bridgehead atoms. The van der Waals surface area contributed by atoms with Crippen LogP contribution in [-0.2, 0) is 4.74 Å². The van der Waals surface area contributed by atoms with Gasteiger partial charge in [0, 0.05) is 32.0 Å². The van der Waals surface area contributed by atoms with E-state index < -0.39 is 18.7 Å². The minimum Gasteiger partial charge on any atom is -0.408 e. The zero-order valence-electron chi connectivity index (χ0n) is 15.3. The second-order valence-electron chi connectivity index (χ2n) is 6.92. The molecule has 2 aliphatic rings. The smallest absolute Gasteiger partial charge is 0.408 e. The topological polar surface area (TPSA) is 63.7 Å². The predicted octanol–water partition coefficient (Wildman–Crippen LogP) is 3.53. The summed E-state index contributed by atoms with van der Waals surface area (Å²) in [7, 11) is 0. The van der Waals surface area contributed by atoms with Gasteiger partial charge in [0.1, 0.15) is 5.82 Å². The van der Waals surface area contributed by atoms with Gasteiger partial charge in [0.05, 0.1) is 18.9 Å². The van der Waals surface area contributed by atoms with Gasteiger partial charge in [0.2, 0.25) is 0 Å². The van der Waals surface area contributed by atoms with Crippen molar-refractivity contribution >= 4 is 11.9 Å². The molecule has 1 saturated heterocycles. The lowest BCUT2D eigenvalue weighted by Crippen LogP contribution is -2.37. The molecular weight excluding hydrogens is 363 g/mol. The Morgan fingerprint density at radius 3 is 2.70 bits per heavy atom. The normalized spacial score (nSPS) is 17.7. The van der Waals surface area contributed by atoms with Crippen molar-refractivity contribution in [3.8, 4) is 5.75 Å². The third kappa shape index (κ3) is 5.72. The van der Waals surface area contributed by atoms with Crippen molar-refractivity contribution < 1.29 is 27.4 Å². The van der Waals surface area contributed by atoms with Crippen LogP contribution in [0.2, 0.25) is 0 Å². The maximum Gasteiger partial charge on any atom is 0.412 e. The number of hydrogen-bond donors (Lipinski definition) is 1. The zero-order valence-corrected chi connectivity index (χ0v) is 15.3. The van der Waals surface area contributed by atoms with Crippen LogP contribution in [0.15, 0.2) is 6.07 Å². The first-order chi connectivity index (χ1) is 12.8. The van der Waals surface area contributed by atoms with Crippen LogP contribution < -0.4 is 15.0 Å². The van der Waals surface area contributed by atoms with E-state index in [-0.39, 0.29) is 18.9 Å². The molecule has 27 heavy (non-hydrogen) atoms. The van der Waals surface area contributed by atoms with E-state index in [1.807, 2.05) is 13.0 Å². The molecule has 1 aromatic heterocycles. The number of carbonyl (C=O) groups is 1. The number of nitrogens with one attached hydrogen (secondary N) is 1. The predicted molar refractivity (Wildman–Crippen MR) is 93.3 cm³/mol. The van der Waals surface area contributed by atoms with E-state index in [1.54, 1.807) is 0 Å². The number of amides is 1.